The lowest BCUT2D eigenvalue weighted by Gasteiger charge is -2.06. The highest BCUT2D eigenvalue weighted by Gasteiger charge is 2.21. The minimum Gasteiger partial charge on any atom is -0.497 e. The normalized spacial score (nSPS) is 13.8. The third-order valence-corrected chi connectivity index (χ3v) is 3.59. The maximum Gasteiger partial charge on any atom is 0.133 e. The Morgan fingerprint density at radius 2 is 2.06 bits per heavy atom. The van der Waals surface area contributed by atoms with Crippen LogP contribution in [0.2, 0.25) is 0 Å². The highest BCUT2D eigenvalue weighted by atomic mass is 79.9. The van der Waals surface area contributed by atoms with Gasteiger partial charge in [0.05, 0.1) is 18.5 Å². The van der Waals surface area contributed by atoms with E-state index in [-0.39, 0.29) is 0 Å². The van der Waals surface area contributed by atoms with Crippen molar-refractivity contribution in [2.45, 2.75) is 13.1 Å². The lowest BCUT2D eigenvalue weighted by Crippen LogP contribution is -2.07. The molecular weight excluding hydrogens is 282 g/mol. The molecule has 1 aliphatic heterocycles. The number of nitrogens with zero attached hydrogens (tertiary/aromatic N) is 2. The first-order valence-electron chi connectivity index (χ1n) is 5.41. The zero-order valence-corrected chi connectivity index (χ0v) is 11.0. The van der Waals surface area contributed by atoms with E-state index in [9.17, 15) is 0 Å². The van der Waals surface area contributed by atoms with Gasteiger partial charge in [-0.3, -0.25) is 0 Å². The second kappa shape index (κ2) is 4.16. The van der Waals surface area contributed by atoms with E-state index in [1.54, 1.807) is 7.11 Å². The van der Waals surface area contributed by atoms with Gasteiger partial charge in [-0.15, -0.1) is 0 Å². The van der Waals surface area contributed by atoms with E-state index in [0.29, 0.717) is 0 Å². The van der Waals surface area contributed by atoms with Crippen molar-refractivity contribution in [3.05, 3.63) is 40.1 Å². The van der Waals surface area contributed by atoms with Crippen LogP contribution in [-0.4, -0.2) is 16.9 Å². The molecule has 2 aromatic rings. The molecule has 0 unspecified atom stereocenters. The Morgan fingerprint density at radius 3 is 2.76 bits per heavy atom. The number of halogens is 1. The highest BCUT2D eigenvalue weighted by Crippen LogP contribution is 2.27. The van der Waals surface area contributed by atoms with Crippen molar-refractivity contribution in [2.75, 3.05) is 7.11 Å². The molecule has 0 aliphatic carbocycles. The third kappa shape index (κ3) is 1.75. The third-order valence-electron chi connectivity index (χ3n) is 2.95. The number of methoxy groups -OCH3 is 1. The van der Waals surface area contributed by atoms with Gasteiger partial charge < -0.3 is 10.1 Å². The molecule has 0 radical (unpaired) electrons. The van der Waals surface area contributed by atoms with Crippen LogP contribution in [0.25, 0.3) is 5.69 Å². The molecule has 0 saturated carbocycles. The van der Waals surface area contributed by atoms with Gasteiger partial charge in [-0.25, -0.2) is 4.68 Å². The smallest absolute Gasteiger partial charge is 0.133 e. The Balaban J connectivity index is 2.06. The van der Waals surface area contributed by atoms with Crippen molar-refractivity contribution in [2.24, 2.45) is 0 Å². The number of hydrogen-bond donors (Lipinski definition) is 1. The SMILES string of the molecule is COc1ccc(-n2nc(Br)c3c2CNC3)cc1. The molecule has 4 nitrogen and oxygen atoms in total. The number of hydrogen-bond acceptors (Lipinski definition) is 3. The van der Waals surface area contributed by atoms with Crippen LogP contribution >= 0.6 is 15.9 Å². The first-order chi connectivity index (χ1) is 8.29. The molecule has 0 spiro atoms. The van der Waals surface area contributed by atoms with Gasteiger partial charge in [-0.1, -0.05) is 0 Å². The summed E-state index contributed by atoms with van der Waals surface area (Å²) in [4.78, 5) is 0. The predicted octanol–water partition coefficient (Wildman–Crippen LogP) is 2.25. The first kappa shape index (κ1) is 10.8. The fraction of sp³-hybridized carbons (Fsp3) is 0.250. The Morgan fingerprint density at radius 1 is 1.29 bits per heavy atom. The summed E-state index contributed by atoms with van der Waals surface area (Å²) in [5.41, 5.74) is 3.53. The van der Waals surface area contributed by atoms with Crippen molar-refractivity contribution in [1.82, 2.24) is 15.1 Å². The minimum atomic E-state index is 0.856. The summed E-state index contributed by atoms with van der Waals surface area (Å²) in [6.45, 7) is 1.74. The molecule has 3 rings (SSSR count). The van der Waals surface area contributed by atoms with E-state index >= 15 is 0 Å². The second-order valence-electron chi connectivity index (χ2n) is 3.93. The van der Waals surface area contributed by atoms with Crippen molar-refractivity contribution in [3.8, 4) is 11.4 Å². The zero-order chi connectivity index (χ0) is 11.8. The van der Waals surface area contributed by atoms with Crippen LogP contribution in [0.15, 0.2) is 28.9 Å². The van der Waals surface area contributed by atoms with E-state index in [0.717, 1.165) is 29.1 Å². The monoisotopic (exact) mass is 293 g/mol. The van der Waals surface area contributed by atoms with Gasteiger partial charge >= 0.3 is 0 Å². The molecule has 0 amide bonds. The van der Waals surface area contributed by atoms with Crippen molar-refractivity contribution >= 4 is 15.9 Å². The van der Waals surface area contributed by atoms with Crippen LogP contribution < -0.4 is 10.1 Å². The van der Waals surface area contributed by atoms with E-state index in [4.69, 9.17) is 4.74 Å². The number of benzene rings is 1. The van der Waals surface area contributed by atoms with E-state index < -0.39 is 0 Å². The largest absolute Gasteiger partial charge is 0.497 e. The van der Waals surface area contributed by atoms with Crippen LogP contribution in [-0.2, 0) is 13.1 Å². The maximum atomic E-state index is 5.15. The zero-order valence-electron chi connectivity index (χ0n) is 9.40. The molecular formula is C12H12BrN3O. The Bertz CT molecular complexity index is 548. The lowest BCUT2D eigenvalue weighted by atomic mass is 10.2. The Kier molecular flexibility index (Phi) is 2.64. The molecule has 1 aromatic heterocycles. The summed E-state index contributed by atoms with van der Waals surface area (Å²) in [6.07, 6.45) is 0. The molecule has 1 aromatic carbocycles. The molecule has 1 N–H and O–H groups in total. The fourth-order valence-corrected chi connectivity index (χ4v) is 2.58. The van der Waals surface area contributed by atoms with Gasteiger partial charge in [-0.05, 0) is 40.2 Å². The van der Waals surface area contributed by atoms with Crippen molar-refractivity contribution in [1.29, 1.82) is 0 Å². The summed E-state index contributed by atoms with van der Waals surface area (Å²) in [5, 5.41) is 7.84. The Hall–Kier alpha value is -1.33. The highest BCUT2D eigenvalue weighted by molar-refractivity contribution is 9.10. The van der Waals surface area contributed by atoms with Gasteiger partial charge in [-0.2, -0.15) is 5.10 Å². The van der Waals surface area contributed by atoms with Gasteiger partial charge in [0.15, 0.2) is 0 Å². The number of rotatable bonds is 2. The molecule has 2 heterocycles. The van der Waals surface area contributed by atoms with Gasteiger partial charge in [0, 0.05) is 18.7 Å². The van der Waals surface area contributed by atoms with Crippen LogP contribution in [0.3, 0.4) is 0 Å². The van der Waals surface area contributed by atoms with Crippen LogP contribution in [0.1, 0.15) is 11.3 Å². The Labute approximate surface area is 108 Å². The van der Waals surface area contributed by atoms with Crippen molar-refractivity contribution in [3.63, 3.8) is 0 Å². The molecule has 17 heavy (non-hydrogen) atoms. The van der Waals surface area contributed by atoms with Gasteiger partial charge in [0.2, 0.25) is 0 Å². The quantitative estimate of drug-likeness (QED) is 0.923. The molecule has 0 fully saturated rings. The van der Waals surface area contributed by atoms with Crippen molar-refractivity contribution < 1.29 is 4.74 Å². The topological polar surface area (TPSA) is 39.1 Å². The predicted molar refractivity (Wildman–Crippen MR) is 68.4 cm³/mol. The van der Waals surface area contributed by atoms with E-state index in [1.807, 2.05) is 28.9 Å². The molecule has 5 heteroatoms. The van der Waals surface area contributed by atoms with Gasteiger partial charge in [0.25, 0.3) is 0 Å². The number of fused-ring (bicyclic) bond motifs is 1. The first-order valence-corrected chi connectivity index (χ1v) is 6.20. The van der Waals surface area contributed by atoms with Crippen LogP contribution in [0.5, 0.6) is 5.75 Å². The molecule has 0 saturated heterocycles. The summed E-state index contributed by atoms with van der Waals surface area (Å²) >= 11 is 3.50. The standard InChI is InChI=1S/C12H12BrN3O/c1-17-9-4-2-8(3-5-9)16-11-7-14-6-10(11)12(13)15-16/h2-5,14H,6-7H2,1H3. The average molecular weight is 294 g/mol. The average Bonchev–Trinajstić information content (AvgIpc) is 2.94. The molecule has 88 valence electrons. The maximum absolute atomic E-state index is 5.15. The molecule has 0 bridgehead atoms. The van der Waals surface area contributed by atoms with Crippen LogP contribution in [0.4, 0.5) is 0 Å². The summed E-state index contributed by atoms with van der Waals surface area (Å²) < 4.78 is 8.05. The number of aromatic nitrogens is 2. The molecule has 0 atom stereocenters. The summed E-state index contributed by atoms with van der Waals surface area (Å²) in [7, 11) is 1.67. The minimum absolute atomic E-state index is 0.856. The van der Waals surface area contributed by atoms with E-state index in [1.165, 1.54) is 11.3 Å². The van der Waals surface area contributed by atoms with E-state index in [2.05, 4.69) is 26.3 Å². The lowest BCUT2D eigenvalue weighted by molar-refractivity contribution is 0.414. The van der Waals surface area contributed by atoms with Crippen LogP contribution in [0, 0.1) is 0 Å². The fourth-order valence-electron chi connectivity index (χ4n) is 2.05. The summed E-state index contributed by atoms with van der Waals surface area (Å²) in [5.74, 6) is 0.856. The molecule has 1 aliphatic rings. The van der Waals surface area contributed by atoms with Gasteiger partial charge in [0.1, 0.15) is 10.4 Å². The second-order valence-corrected chi connectivity index (χ2v) is 4.68. The number of ether oxygens (including phenoxy) is 1. The number of nitrogens with one attached hydrogen (secondary N) is 1. The summed E-state index contributed by atoms with van der Waals surface area (Å²) in [6, 6.07) is 7.91.